The number of allylic oxidation sites excluding steroid dienone is 2. The van der Waals surface area contributed by atoms with Gasteiger partial charge in [-0.05, 0) is 42.9 Å². The number of hydrogen-bond donors (Lipinski definition) is 0. The monoisotopic (exact) mass is 218 g/mol. The van der Waals surface area contributed by atoms with Crippen LogP contribution in [0.2, 0.25) is 0 Å². The molecule has 0 amide bonds. The lowest BCUT2D eigenvalue weighted by atomic mass is 9.96. The summed E-state index contributed by atoms with van der Waals surface area (Å²) >= 11 is 0. The zero-order valence-electron chi connectivity index (χ0n) is 10.8. The summed E-state index contributed by atoms with van der Waals surface area (Å²) in [6.45, 7) is 6.56. The quantitative estimate of drug-likeness (QED) is 0.675. The maximum Gasteiger partial charge on any atom is 0.122 e. The second-order valence-corrected chi connectivity index (χ2v) is 4.27. The van der Waals surface area contributed by atoms with E-state index in [9.17, 15) is 0 Å². The second kappa shape index (κ2) is 6.37. The average molecular weight is 218 g/mol. The number of rotatable bonds is 5. The Kier molecular flexibility index (Phi) is 5.10. The van der Waals surface area contributed by atoms with Gasteiger partial charge in [0.15, 0.2) is 0 Å². The van der Waals surface area contributed by atoms with Crippen LogP contribution in [0.3, 0.4) is 0 Å². The third-order valence-corrected chi connectivity index (χ3v) is 2.81. The molecule has 1 nitrogen and oxygen atoms in total. The van der Waals surface area contributed by atoms with Crippen LogP contribution < -0.4 is 4.74 Å². The first-order valence-electron chi connectivity index (χ1n) is 5.98. The topological polar surface area (TPSA) is 9.23 Å². The predicted octanol–water partition coefficient (Wildman–Crippen LogP) is 4.15. The van der Waals surface area contributed by atoms with Crippen LogP contribution in [-0.2, 0) is 6.42 Å². The minimum atomic E-state index is 0.565. The van der Waals surface area contributed by atoms with E-state index in [1.54, 1.807) is 7.11 Å². The molecule has 0 saturated heterocycles. The maximum atomic E-state index is 5.41. The second-order valence-electron chi connectivity index (χ2n) is 4.27. The van der Waals surface area contributed by atoms with Crippen LogP contribution in [0.5, 0.6) is 5.75 Å². The van der Waals surface area contributed by atoms with Crippen LogP contribution in [0.25, 0.3) is 0 Å². The molecule has 0 radical (unpaired) electrons. The molecule has 0 heterocycles. The van der Waals surface area contributed by atoms with Crippen LogP contribution in [0.1, 0.15) is 31.4 Å². The van der Waals surface area contributed by atoms with Crippen molar-refractivity contribution in [1.82, 2.24) is 0 Å². The zero-order chi connectivity index (χ0) is 12.0. The summed E-state index contributed by atoms with van der Waals surface area (Å²) < 4.78 is 5.41. The van der Waals surface area contributed by atoms with E-state index >= 15 is 0 Å². The Labute approximate surface area is 99.1 Å². The first-order valence-corrected chi connectivity index (χ1v) is 5.98. The van der Waals surface area contributed by atoms with Crippen molar-refractivity contribution >= 4 is 0 Å². The van der Waals surface area contributed by atoms with Crippen molar-refractivity contribution in [2.24, 2.45) is 5.92 Å². The van der Waals surface area contributed by atoms with Gasteiger partial charge in [0.05, 0.1) is 7.11 Å². The van der Waals surface area contributed by atoms with Gasteiger partial charge in [-0.1, -0.05) is 38.1 Å². The normalized spacial score (nSPS) is 13.0. The van der Waals surface area contributed by atoms with Gasteiger partial charge in [0.1, 0.15) is 5.75 Å². The molecule has 1 aromatic rings. The van der Waals surface area contributed by atoms with Crippen molar-refractivity contribution in [3.63, 3.8) is 0 Å². The molecular weight excluding hydrogens is 196 g/mol. The van der Waals surface area contributed by atoms with Gasteiger partial charge in [0.2, 0.25) is 0 Å². The number of benzene rings is 1. The number of aryl methyl sites for hydroxylation is 1. The molecule has 0 aliphatic heterocycles. The lowest BCUT2D eigenvalue weighted by Crippen LogP contribution is -2.01. The van der Waals surface area contributed by atoms with Gasteiger partial charge in [-0.25, -0.2) is 0 Å². The standard InChI is InChI=1S/C15H22O/c1-5-6-8-12(2)11-14-13(3)9-7-10-15(14)16-4/h6-10,12H,5,11H2,1-4H3/b8-6-. The Balaban J connectivity index is 2.83. The first kappa shape index (κ1) is 12.8. The molecule has 0 fully saturated rings. The number of methoxy groups -OCH3 is 1. The van der Waals surface area contributed by atoms with Crippen molar-refractivity contribution in [1.29, 1.82) is 0 Å². The molecule has 0 aliphatic carbocycles. The predicted molar refractivity (Wildman–Crippen MR) is 70.0 cm³/mol. The fourth-order valence-electron chi connectivity index (χ4n) is 1.89. The third kappa shape index (κ3) is 3.41. The Morgan fingerprint density at radius 2 is 2.12 bits per heavy atom. The molecule has 0 spiro atoms. The van der Waals surface area contributed by atoms with E-state index in [1.165, 1.54) is 11.1 Å². The Morgan fingerprint density at radius 3 is 2.75 bits per heavy atom. The Morgan fingerprint density at radius 1 is 1.38 bits per heavy atom. The van der Waals surface area contributed by atoms with Crippen LogP contribution in [-0.4, -0.2) is 7.11 Å². The summed E-state index contributed by atoms with van der Waals surface area (Å²) in [7, 11) is 1.74. The van der Waals surface area contributed by atoms with E-state index in [2.05, 4.69) is 39.0 Å². The SMILES string of the molecule is CC/C=C\C(C)Cc1c(C)cccc1OC. The molecule has 1 heteroatoms. The van der Waals surface area contributed by atoms with Crippen LogP contribution in [0.4, 0.5) is 0 Å². The van der Waals surface area contributed by atoms with Crippen molar-refractivity contribution in [2.45, 2.75) is 33.6 Å². The van der Waals surface area contributed by atoms with Gasteiger partial charge in [-0.2, -0.15) is 0 Å². The zero-order valence-corrected chi connectivity index (χ0v) is 10.8. The van der Waals surface area contributed by atoms with E-state index in [0.29, 0.717) is 5.92 Å². The van der Waals surface area contributed by atoms with E-state index in [4.69, 9.17) is 4.74 Å². The fraction of sp³-hybridized carbons (Fsp3) is 0.467. The Bertz CT molecular complexity index is 352. The van der Waals surface area contributed by atoms with Gasteiger partial charge in [-0.3, -0.25) is 0 Å². The minimum Gasteiger partial charge on any atom is -0.496 e. The number of hydrogen-bond acceptors (Lipinski definition) is 1. The van der Waals surface area contributed by atoms with Crippen LogP contribution in [0.15, 0.2) is 30.4 Å². The molecule has 0 aliphatic rings. The molecule has 1 rings (SSSR count). The molecular formula is C15H22O. The molecule has 0 saturated carbocycles. The summed E-state index contributed by atoms with van der Waals surface area (Å²) in [6.07, 6.45) is 6.67. The molecule has 0 aromatic heterocycles. The van der Waals surface area contributed by atoms with Gasteiger partial charge in [0.25, 0.3) is 0 Å². The Hall–Kier alpha value is -1.24. The summed E-state index contributed by atoms with van der Waals surface area (Å²) in [6, 6.07) is 6.23. The minimum absolute atomic E-state index is 0.565. The van der Waals surface area contributed by atoms with Gasteiger partial charge in [0, 0.05) is 0 Å². The molecule has 88 valence electrons. The first-order chi connectivity index (χ1) is 7.69. The van der Waals surface area contributed by atoms with Crippen LogP contribution in [0, 0.1) is 12.8 Å². The van der Waals surface area contributed by atoms with Crippen LogP contribution >= 0.6 is 0 Å². The highest BCUT2D eigenvalue weighted by atomic mass is 16.5. The van der Waals surface area contributed by atoms with Crippen molar-refractivity contribution in [2.75, 3.05) is 7.11 Å². The van der Waals surface area contributed by atoms with E-state index < -0.39 is 0 Å². The smallest absolute Gasteiger partial charge is 0.122 e. The van der Waals surface area contributed by atoms with E-state index in [-0.39, 0.29) is 0 Å². The highest BCUT2D eigenvalue weighted by molar-refractivity contribution is 5.40. The average Bonchev–Trinajstić information content (AvgIpc) is 2.29. The summed E-state index contributed by atoms with van der Waals surface area (Å²) in [5.74, 6) is 1.58. The molecule has 1 unspecified atom stereocenters. The van der Waals surface area contributed by atoms with Gasteiger partial charge >= 0.3 is 0 Å². The van der Waals surface area contributed by atoms with E-state index in [0.717, 1.165) is 18.6 Å². The van der Waals surface area contributed by atoms with Gasteiger partial charge in [-0.15, -0.1) is 0 Å². The van der Waals surface area contributed by atoms with E-state index in [1.807, 2.05) is 12.1 Å². The summed E-state index contributed by atoms with van der Waals surface area (Å²) in [5.41, 5.74) is 2.65. The molecule has 0 bridgehead atoms. The lowest BCUT2D eigenvalue weighted by Gasteiger charge is -2.13. The molecule has 16 heavy (non-hydrogen) atoms. The summed E-state index contributed by atoms with van der Waals surface area (Å²) in [5, 5.41) is 0. The van der Waals surface area contributed by atoms with Crippen molar-refractivity contribution in [3.8, 4) is 5.75 Å². The largest absolute Gasteiger partial charge is 0.496 e. The van der Waals surface area contributed by atoms with Crippen molar-refractivity contribution < 1.29 is 4.74 Å². The number of ether oxygens (including phenoxy) is 1. The third-order valence-electron chi connectivity index (χ3n) is 2.81. The fourth-order valence-corrected chi connectivity index (χ4v) is 1.89. The molecule has 1 atom stereocenters. The van der Waals surface area contributed by atoms with Gasteiger partial charge < -0.3 is 4.74 Å². The highest BCUT2D eigenvalue weighted by Crippen LogP contribution is 2.25. The van der Waals surface area contributed by atoms with Crippen molar-refractivity contribution in [3.05, 3.63) is 41.5 Å². The summed E-state index contributed by atoms with van der Waals surface area (Å²) in [4.78, 5) is 0. The molecule has 0 N–H and O–H groups in total. The lowest BCUT2D eigenvalue weighted by molar-refractivity contribution is 0.407. The molecule has 1 aromatic carbocycles. The highest BCUT2D eigenvalue weighted by Gasteiger charge is 2.08. The maximum absolute atomic E-state index is 5.41.